The number of urea groups is 1. The number of H-pyrrole nitrogens is 1. The number of piperidine rings is 1. The Bertz CT molecular complexity index is 1580. The number of ether oxygens (including phenoxy) is 1. The van der Waals surface area contributed by atoms with Crippen molar-refractivity contribution in [3.63, 3.8) is 0 Å². The van der Waals surface area contributed by atoms with Gasteiger partial charge in [-0.05, 0) is 114 Å². The van der Waals surface area contributed by atoms with E-state index in [1.54, 1.807) is 0 Å². The molecule has 51 heavy (non-hydrogen) atoms. The number of nitrogens with zero attached hydrogens (tertiary/aromatic N) is 2. The van der Waals surface area contributed by atoms with Gasteiger partial charge in [0, 0.05) is 35.3 Å². The Kier molecular flexibility index (Phi) is 12.2. The normalized spacial score (nSPS) is 21.1. The first kappa shape index (κ1) is 37.1. The number of amides is 2. The average molecular weight is 697 g/mol. The molecule has 9 nitrogen and oxygen atoms in total. The lowest BCUT2D eigenvalue weighted by molar-refractivity contribution is -0.135. The van der Waals surface area contributed by atoms with Crippen LogP contribution < -0.4 is 20.7 Å². The summed E-state index contributed by atoms with van der Waals surface area (Å²) >= 11 is 0. The monoisotopic (exact) mass is 696 g/mol. The van der Waals surface area contributed by atoms with E-state index in [1.807, 2.05) is 12.1 Å². The lowest BCUT2D eigenvalue weighted by Crippen LogP contribution is -2.47. The summed E-state index contributed by atoms with van der Waals surface area (Å²) in [6, 6.07) is 14.9. The topological polar surface area (TPSA) is 111 Å². The van der Waals surface area contributed by atoms with Gasteiger partial charge in [-0.15, -0.1) is 5.10 Å². The zero-order chi connectivity index (χ0) is 36.0. The zero-order valence-electron chi connectivity index (χ0n) is 31.6. The molecule has 0 radical (unpaired) electrons. The van der Waals surface area contributed by atoms with Crippen molar-refractivity contribution in [2.75, 3.05) is 38.1 Å². The average Bonchev–Trinajstić information content (AvgIpc) is 3.86. The number of anilines is 1. The van der Waals surface area contributed by atoms with E-state index in [0.717, 1.165) is 93.6 Å². The highest BCUT2D eigenvalue weighted by atomic mass is 16.5. The highest BCUT2D eigenvalue weighted by Crippen LogP contribution is 2.42. The van der Waals surface area contributed by atoms with Gasteiger partial charge in [-0.1, -0.05) is 69.4 Å². The molecule has 2 aliphatic heterocycles. The van der Waals surface area contributed by atoms with Gasteiger partial charge in [0.05, 0.1) is 17.2 Å². The van der Waals surface area contributed by atoms with Crippen molar-refractivity contribution in [1.29, 1.82) is 0 Å². The molecular weight excluding hydrogens is 637 g/mol. The molecule has 1 aromatic heterocycles. The van der Waals surface area contributed by atoms with Gasteiger partial charge in [0.25, 0.3) is 0 Å². The van der Waals surface area contributed by atoms with Crippen LogP contribution in [0.4, 0.5) is 10.5 Å². The van der Waals surface area contributed by atoms with E-state index in [4.69, 9.17) is 9.84 Å². The Morgan fingerprint density at radius 1 is 0.980 bits per heavy atom. The van der Waals surface area contributed by atoms with Crippen molar-refractivity contribution < 1.29 is 14.3 Å². The summed E-state index contributed by atoms with van der Waals surface area (Å²) in [5, 5.41) is 17.9. The van der Waals surface area contributed by atoms with Crippen LogP contribution in [0, 0.1) is 25.2 Å². The molecule has 3 fully saturated rings. The van der Waals surface area contributed by atoms with Crippen LogP contribution in [0.15, 0.2) is 42.5 Å². The Morgan fingerprint density at radius 2 is 1.67 bits per heavy atom. The zero-order valence-corrected chi connectivity index (χ0v) is 31.6. The minimum atomic E-state index is -0.530. The van der Waals surface area contributed by atoms with Crippen LogP contribution in [0.2, 0.25) is 0 Å². The minimum Gasteiger partial charge on any atom is -0.475 e. The predicted molar refractivity (Wildman–Crippen MR) is 206 cm³/mol. The highest BCUT2D eigenvalue weighted by Gasteiger charge is 2.50. The van der Waals surface area contributed by atoms with Gasteiger partial charge in [-0.2, -0.15) is 0 Å². The number of benzene rings is 2. The van der Waals surface area contributed by atoms with Gasteiger partial charge in [0.15, 0.2) is 5.78 Å². The number of nitrogens with one attached hydrogen (secondary N) is 4. The van der Waals surface area contributed by atoms with Crippen LogP contribution in [0.3, 0.4) is 0 Å². The van der Waals surface area contributed by atoms with Gasteiger partial charge >= 0.3 is 6.03 Å². The van der Waals surface area contributed by atoms with Crippen molar-refractivity contribution in [1.82, 2.24) is 25.7 Å². The molecule has 3 aliphatic rings. The smallest absolute Gasteiger partial charge is 0.319 e. The van der Waals surface area contributed by atoms with Gasteiger partial charge in [-0.3, -0.25) is 14.8 Å². The molecule has 2 saturated heterocycles. The van der Waals surface area contributed by atoms with Crippen LogP contribution >= 0.6 is 0 Å². The van der Waals surface area contributed by atoms with E-state index < -0.39 is 5.41 Å². The van der Waals surface area contributed by atoms with Crippen LogP contribution in [0.25, 0.3) is 11.3 Å². The van der Waals surface area contributed by atoms with Crippen LogP contribution in [0.5, 0.6) is 5.88 Å². The summed E-state index contributed by atoms with van der Waals surface area (Å²) in [7, 11) is 0. The van der Waals surface area contributed by atoms with E-state index in [2.05, 4.69) is 90.9 Å². The summed E-state index contributed by atoms with van der Waals surface area (Å²) in [5.41, 5.74) is 7.02. The molecule has 0 spiro atoms. The number of carbonyl (C=O) groups excluding carboxylic acids is 2. The van der Waals surface area contributed by atoms with Crippen LogP contribution in [0.1, 0.15) is 107 Å². The molecule has 2 bridgehead atoms. The number of aromatic amines is 1. The Morgan fingerprint density at radius 3 is 2.29 bits per heavy atom. The summed E-state index contributed by atoms with van der Waals surface area (Å²) < 4.78 is 6.65. The van der Waals surface area contributed by atoms with E-state index in [9.17, 15) is 9.59 Å². The van der Waals surface area contributed by atoms with E-state index in [-0.39, 0.29) is 24.0 Å². The number of Topliss-reactive ketones (excluding diaryl/α,β-unsaturated/α-hetero) is 1. The van der Waals surface area contributed by atoms with E-state index in [0.29, 0.717) is 24.2 Å². The van der Waals surface area contributed by atoms with Gasteiger partial charge in [-0.25, -0.2) is 4.79 Å². The molecule has 4 N–H and O–H groups in total. The first-order valence-electron chi connectivity index (χ1n) is 19.6. The molecule has 3 heterocycles. The maximum absolute atomic E-state index is 14.2. The van der Waals surface area contributed by atoms with Crippen molar-refractivity contribution >= 4 is 17.5 Å². The molecule has 9 heteroatoms. The third kappa shape index (κ3) is 8.69. The Labute approximate surface area is 305 Å². The van der Waals surface area contributed by atoms with E-state index in [1.165, 1.54) is 36.0 Å². The number of hydrogen-bond donors (Lipinski definition) is 4. The Hall–Kier alpha value is -3.69. The fraction of sp³-hybridized carbons (Fsp3) is 0.595. The molecule has 2 aromatic carbocycles. The molecule has 1 saturated carbocycles. The molecule has 3 aromatic rings. The standard InChI is InChI=1S/C42H60N6O3/c1-6-42(7-2,39(49)38-32-18-21-48(38)22-19-32)27-51-40-36(37(46-47-40)33-24-28(3)23-29(4)25-33)30(5)26-43-20-17-31-13-15-35(16-14-31)45-41(50)44-34-11-9-8-10-12-34/h13-16,23-25,30,32,34,38,43H,6-12,17-22,26-27H2,1-5H3,(H,46,47)(H2,44,45,50)/t30-,38?/m1/s1. The van der Waals surface area contributed by atoms with Crippen molar-refractivity contribution in [2.45, 2.75) is 117 Å². The maximum atomic E-state index is 14.2. The van der Waals surface area contributed by atoms with E-state index >= 15 is 0 Å². The fourth-order valence-electron chi connectivity index (χ4n) is 8.83. The fourth-order valence-corrected chi connectivity index (χ4v) is 8.83. The van der Waals surface area contributed by atoms with Crippen molar-refractivity contribution in [3.05, 3.63) is 64.7 Å². The second kappa shape index (κ2) is 16.8. The van der Waals surface area contributed by atoms with Crippen molar-refractivity contribution in [2.24, 2.45) is 11.3 Å². The van der Waals surface area contributed by atoms with Crippen molar-refractivity contribution in [3.8, 4) is 17.1 Å². The summed E-state index contributed by atoms with van der Waals surface area (Å²) in [4.78, 5) is 29.1. The summed E-state index contributed by atoms with van der Waals surface area (Å²) in [6.45, 7) is 14.7. The third-order valence-electron chi connectivity index (χ3n) is 12.0. The third-order valence-corrected chi connectivity index (χ3v) is 12.0. The lowest BCUT2D eigenvalue weighted by Gasteiger charge is -2.34. The predicted octanol–water partition coefficient (Wildman–Crippen LogP) is 7.93. The number of ketones is 1. The number of rotatable bonds is 16. The Balaban J connectivity index is 1.09. The lowest BCUT2D eigenvalue weighted by atomic mass is 9.74. The number of aryl methyl sites for hydroxylation is 2. The molecule has 1 unspecified atom stereocenters. The van der Waals surface area contributed by atoms with Gasteiger partial charge in [0.2, 0.25) is 5.88 Å². The largest absolute Gasteiger partial charge is 0.475 e. The first-order valence-corrected chi connectivity index (χ1v) is 19.6. The second-order valence-electron chi connectivity index (χ2n) is 15.6. The summed E-state index contributed by atoms with van der Waals surface area (Å²) in [5.74, 6) is 1.56. The van der Waals surface area contributed by atoms with Gasteiger partial charge in [0.1, 0.15) is 6.61 Å². The molecule has 6 rings (SSSR count). The first-order chi connectivity index (χ1) is 24.7. The molecule has 2 atom stereocenters. The second-order valence-corrected chi connectivity index (χ2v) is 15.6. The van der Waals surface area contributed by atoms with Crippen LogP contribution in [-0.4, -0.2) is 71.8 Å². The molecular formula is C42H60N6O3. The number of aromatic nitrogens is 2. The maximum Gasteiger partial charge on any atom is 0.319 e. The molecule has 276 valence electrons. The minimum absolute atomic E-state index is 0.0410. The molecule has 1 aliphatic carbocycles. The number of carbonyl (C=O) groups is 2. The SMILES string of the molecule is CCC(CC)(COc1n[nH]c(-c2cc(C)cc(C)c2)c1[C@H](C)CNCCc1ccc(NC(=O)NC2CCCCC2)cc1)C(=O)C1C2CCN1CC2. The highest BCUT2D eigenvalue weighted by molar-refractivity contribution is 5.91. The van der Waals surface area contributed by atoms with Crippen LogP contribution in [-0.2, 0) is 11.2 Å². The van der Waals surface area contributed by atoms with Gasteiger partial charge < -0.3 is 20.7 Å². The number of hydrogen-bond acceptors (Lipinski definition) is 6. The number of fused-ring (bicyclic) bond motifs is 2. The quantitative estimate of drug-likeness (QED) is 0.113. The molecule has 2 amide bonds. The summed E-state index contributed by atoms with van der Waals surface area (Å²) in [6.07, 6.45) is 10.4.